The van der Waals surface area contributed by atoms with Crippen LogP contribution >= 0.6 is 11.6 Å². The van der Waals surface area contributed by atoms with Crippen LogP contribution in [0.5, 0.6) is 0 Å². The van der Waals surface area contributed by atoms with Crippen molar-refractivity contribution in [2.45, 2.75) is 32.4 Å². The van der Waals surface area contributed by atoms with Gasteiger partial charge in [0.15, 0.2) is 5.82 Å². The van der Waals surface area contributed by atoms with Gasteiger partial charge in [-0.15, -0.1) is 10.2 Å². The van der Waals surface area contributed by atoms with Gasteiger partial charge in [-0.25, -0.2) is 0 Å². The summed E-state index contributed by atoms with van der Waals surface area (Å²) in [5.74, 6) is 1.79. The lowest BCUT2D eigenvalue weighted by Crippen LogP contribution is -2.41. The number of aryl methyl sites for hydroxylation is 3. The minimum Gasteiger partial charge on any atom is -0.345 e. The SMILES string of the molecule is C[C@H]1CN(C(=O)c2cc(Cl)cn2C)Cc2nnc(CCc3ccccc3)n21. The van der Waals surface area contributed by atoms with Crippen LogP contribution in [0.2, 0.25) is 5.02 Å². The van der Waals surface area contributed by atoms with E-state index in [9.17, 15) is 4.79 Å². The third kappa shape index (κ3) is 3.49. The summed E-state index contributed by atoms with van der Waals surface area (Å²) >= 11 is 6.03. The molecule has 140 valence electrons. The van der Waals surface area contributed by atoms with Gasteiger partial charge in [0.2, 0.25) is 0 Å². The fourth-order valence-corrected chi connectivity index (χ4v) is 3.99. The minimum absolute atomic E-state index is 0.0312. The number of carbonyl (C=O) groups excluding carboxylic acids is 1. The first-order chi connectivity index (χ1) is 13.0. The maximum atomic E-state index is 12.9. The van der Waals surface area contributed by atoms with Gasteiger partial charge >= 0.3 is 0 Å². The average molecular weight is 384 g/mol. The van der Waals surface area contributed by atoms with Crippen molar-refractivity contribution in [1.29, 1.82) is 0 Å². The molecule has 0 aliphatic carbocycles. The van der Waals surface area contributed by atoms with E-state index in [0.717, 1.165) is 24.5 Å². The Morgan fingerprint density at radius 2 is 2.00 bits per heavy atom. The van der Waals surface area contributed by atoms with Crippen LogP contribution in [0.25, 0.3) is 0 Å². The Morgan fingerprint density at radius 1 is 1.22 bits per heavy atom. The standard InChI is InChI=1S/C20H22ClN5O/c1-14-11-25(20(27)17-10-16(21)12-24(17)2)13-19-23-22-18(26(14)19)9-8-15-6-4-3-5-7-15/h3-7,10,12,14H,8-9,11,13H2,1-2H3/t14-/m0/s1. The Labute approximate surface area is 163 Å². The molecule has 7 heteroatoms. The van der Waals surface area contributed by atoms with E-state index in [1.165, 1.54) is 5.56 Å². The van der Waals surface area contributed by atoms with Crippen molar-refractivity contribution >= 4 is 17.5 Å². The molecule has 3 aromatic rings. The first-order valence-electron chi connectivity index (χ1n) is 9.10. The van der Waals surface area contributed by atoms with Crippen LogP contribution in [-0.2, 0) is 26.4 Å². The normalized spacial score (nSPS) is 16.4. The highest BCUT2D eigenvalue weighted by molar-refractivity contribution is 6.31. The summed E-state index contributed by atoms with van der Waals surface area (Å²) in [7, 11) is 1.83. The molecule has 1 aliphatic rings. The Kier molecular flexibility index (Phi) is 4.74. The maximum Gasteiger partial charge on any atom is 0.271 e. The second-order valence-electron chi connectivity index (χ2n) is 7.08. The Bertz CT molecular complexity index is 962. The third-order valence-electron chi connectivity index (χ3n) is 5.05. The molecular formula is C20H22ClN5O. The van der Waals surface area contributed by atoms with E-state index in [4.69, 9.17) is 11.6 Å². The topological polar surface area (TPSA) is 56.0 Å². The molecule has 0 unspecified atom stereocenters. The highest BCUT2D eigenvalue weighted by Gasteiger charge is 2.30. The van der Waals surface area contributed by atoms with Gasteiger partial charge < -0.3 is 14.0 Å². The number of fused-ring (bicyclic) bond motifs is 1. The van der Waals surface area contributed by atoms with Crippen molar-refractivity contribution in [3.8, 4) is 0 Å². The molecular weight excluding hydrogens is 362 g/mol. The van der Waals surface area contributed by atoms with Gasteiger partial charge in [0.25, 0.3) is 5.91 Å². The zero-order valence-electron chi connectivity index (χ0n) is 15.5. The molecule has 4 rings (SSSR count). The van der Waals surface area contributed by atoms with E-state index in [1.807, 2.05) is 18.0 Å². The predicted octanol–water partition coefficient (Wildman–Crippen LogP) is 3.27. The molecule has 0 radical (unpaired) electrons. The maximum absolute atomic E-state index is 12.9. The highest BCUT2D eigenvalue weighted by atomic mass is 35.5. The monoisotopic (exact) mass is 383 g/mol. The second-order valence-corrected chi connectivity index (χ2v) is 7.51. The molecule has 2 aromatic heterocycles. The van der Waals surface area contributed by atoms with E-state index in [0.29, 0.717) is 23.8 Å². The van der Waals surface area contributed by atoms with Crippen LogP contribution in [0, 0.1) is 0 Å². The Balaban J connectivity index is 1.51. The van der Waals surface area contributed by atoms with E-state index in [2.05, 4.69) is 46.0 Å². The molecule has 6 nitrogen and oxygen atoms in total. The Hall–Kier alpha value is -2.60. The van der Waals surface area contributed by atoms with Crippen molar-refractivity contribution in [1.82, 2.24) is 24.2 Å². The molecule has 0 saturated heterocycles. The number of halogens is 1. The van der Waals surface area contributed by atoms with Gasteiger partial charge in [0.1, 0.15) is 11.5 Å². The molecule has 0 saturated carbocycles. The summed E-state index contributed by atoms with van der Waals surface area (Å²) < 4.78 is 3.95. The van der Waals surface area contributed by atoms with E-state index < -0.39 is 0 Å². The molecule has 27 heavy (non-hydrogen) atoms. The molecule has 0 bridgehead atoms. The number of hydrogen-bond donors (Lipinski definition) is 0. The first kappa shape index (κ1) is 17.8. The number of aromatic nitrogens is 4. The van der Waals surface area contributed by atoms with Crippen molar-refractivity contribution in [3.05, 3.63) is 70.5 Å². The fraction of sp³-hybridized carbons (Fsp3) is 0.350. The van der Waals surface area contributed by atoms with Gasteiger partial charge in [-0.1, -0.05) is 41.9 Å². The lowest BCUT2D eigenvalue weighted by atomic mass is 10.1. The highest BCUT2D eigenvalue weighted by Crippen LogP contribution is 2.24. The molecule has 0 spiro atoms. The van der Waals surface area contributed by atoms with Gasteiger partial charge in [-0.2, -0.15) is 0 Å². The first-order valence-corrected chi connectivity index (χ1v) is 9.48. The van der Waals surface area contributed by atoms with E-state index in [1.54, 1.807) is 16.8 Å². The number of benzene rings is 1. The molecule has 1 aliphatic heterocycles. The molecule has 1 atom stereocenters. The average Bonchev–Trinajstić information content (AvgIpc) is 3.23. The number of hydrogen-bond acceptors (Lipinski definition) is 3. The van der Waals surface area contributed by atoms with E-state index >= 15 is 0 Å². The minimum atomic E-state index is -0.0312. The largest absolute Gasteiger partial charge is 0.345 e. The zero-order valence-corrected chi connectivity index (χ0v) is 16.2. The van der Waals surface area contributed by atoms with Crippen LogP contribution in [0.15, 0.2) is 42.6 Å². The summed E-state index contributed by atoms with van der Waals surface area (Å²) in [5, 5.41) is 9.33. The quantitative estimate of drug-likeness (QED) is 0.694. The summed E-state index contributed by atoms with van der Waals surface area (Å²) in [5.41, 5.74) is 1.88. The van der Waals surface area contributed by atoms with Crippen molar-refractivity contribution in [2.24, 2.45) is 7.05 Å². The van der Waals surface area contributed by atoms with Crippen LogP contribution in [-0.4, -0.2) is 36.7 Å². The van der Waals surface area contributed by atoms with Gasteiger partial charge in [0, 0.05) is 26.2 Å². The predicted molar refractivity (Wildman–Crippen MR) is 104 cm³/mol. The van der Waals surface area contributed by atoms with Gasteiger partial charge in [0.05, 0.1) is 17.6 Å². The van der Waals surface area contributed by atoms with Gasteiger partial charge in [-0.3, -0.25) is 4.79 Å². The summed E-state index contributed by atoms with van der Waals surface area (Å²) in [6, 6.07) is 12.2. The smallest absolute Gasteiger partial charge is 0.271 e. The van der Waals surface area contributed by atoms with E-state index in [-0.39, 0.29) is 11.9 Å². The van der Waals surface area contributed by atoms with Crippen LogP contribution in [0.1, 0.15) is 40.7 Å². The molecule has 0 N–H and O–H groups in total. The molecule has 1 aromatic carbocycles. The second kappa shape index (κ2) is 7.19. The van der Waals surface area contributed by atoms with Crippen LogP contribution in [0.4, 0.5) is 0 Å². The summed E-state index contributed by atoms with van der Waals surface area (Å²) in [6.07, 6.45) is 3.51. The molecule has 1 amide bonds. The lowest BCUT2D eigenvalue weighted by molar-refractivity contribution is 0.0670. The number of nitrogens with zero attached hydrogens (tertiary/aromatic N) is 5. The number of amides is 1. The van der Waals surface area contributed by atoms with Crippen molar-refractivity contribution < 1.29 is 4.79 Å². The van der Waals surface area contributed by atoms with Crippen molar-refractivity contribution in [2.75, 3.05) is 6.54 Å². The summed E-state index contributed by atoms with van der Waals surface area (Å²) in [4.78, 5) is 14.7. The number of rotatable bonds is 4. The zero-order chi connectivity index (χ0) is 19.0. The summed E-state index contributed by atoms with van der Waals surface area (Å²) in [6.45, 7) is 3.20. The van der Waals surface area contributed by atoms with Gasteiger partial charge in [-0.05, 0) is 25.0 Å². The fourth-order valence-electron chi connectivity index (χ4n) is 3.74. The van der Waals surface area contributed by atoms with Crippen molar-refractivity contribution in [3.63, 3.8) is 0 Å². The van der Waals surface area contributed by atoms with Crippen LogP contribution < -0.4 is 0 Å². The Morgan fingerprint density at radius 3 is 2.70 bits per heavy atom. The van der Waals surface area contributed by atoms with Crippen LogP contribution in [0.3, 0.4) is 0 Å². The lowest BCUT2D eigenvalue weighted by Gasteiger charge is -2.32. The number of carbonyl (C=O) groups is 1. The third-order valence-corrected chi connectivity index (χ3v) is 5.26. The molecule has 3 heterocycles. The molecule has 0 fully saturated rings.